The number of esters is 1. The first-order chi connectivity index (χ1) is 10.9. The van der Waals surface area contributed by atoms with Crippen molar-refractivity contribution in [1.82, 2.24) is 0 Å². The van der Waals surface area contributed by atoms with Crippen LogP contribution in [-0.4, -0.2) is 38.6 Å². The van der Waals surface area contributed by atoms with Crippen LogP contribution in [0, 0.1) is 12.8 Å². The fourth-order valence-electron chi connectivity index (χ4n) is 2.84. The number of ether oxygens (including phenoxy) is 1. The van der Waals surface area contributed by atoms with Gasteiger partial charge in [0.05, 0.1) is 31.8 Å². The van der Waals surface area contributed by atoms with Gasteiger partial charge in [-0.2, -0.15) is 0 Å². The van der Waals surface area contributed by atoms with Crippen LogP contribution < -0.4 is 10.2 Å². The molecule has 1 aromatic rings. The van der Waals surface area contributed by atoms with Crippen LogP contribution in [0.5, 0.6) is 0 Å². The summed E-state index contributed by atoms with van der Waals surface area (Å²) in [6.45, 7) is 4.02. The molecular formula is C16H21Br2N2O3+. The Bertz CT molecular complexity index is 576. The Kier molecular flexibility index (Phi) is 6.61. The minimum absolute atomic E-state index is 0.0211. The zero-order chi connectivity index (χ0) is 17.0. The number of nitrogens with one attached hydrogen (secondary N) is 2. The molecule has 2 N–H and O–H groups in total. The quantitative estimate of drug-likeness (QED) is 0.692. The average molecular weight is 449 g/mol. The van der Waals surface area contributed by atoms with E-state index >= 15 is 0 Å². The van der Waals surface area contributed by atoms with Gasteiger partial charge < -0.3 is 15.0 Å². The standard InChI is InChI=1S/C16H20Br2N2O3/c1-10-7-12(17)15(13(18)8-10)19-14(21)9-20-5-3-11(4-6-20)16(22)23-2/h7-8,11H,3-6,9H2,1-2H3,(H,19,21)/p+1. The largest absolute Gasteiger partial charge is 0.469 e. The van der Waals surface area contributed by atoms with E-state index in [4.69, 9.17) is 4.74 Å². The first-order valence-corrected chi connectivity index (χ1v) is 9.16. The van der Waals surface area contributed by atoms with E-state index in [0.717, 1.165) is 46.1 Å². The van der Waals surface area contributed by atoms with Crippen molar-refractivity contribution in [3.8, 4) is 0 Å². The second kappa shape index (κ2) is 8.26. The molecule has 0 bridgehead atoms. The Morgan fingerprint density at radius 3 is 2.35 bits per heavy atom. The molecule has 2 rings (SSSR count). The number of carbonyl (C=O) groups is 2. The summed E-state index contributed by atoms with van der Waals surface area (Å²) in [6, 6.07) is 3.93. The summed E-state index contributed by atoms with van der Waals surface area (Å²) < 4.78 is 6.50. The SMILES string of the molecule is COC(=O)C1CC[NH+](CC(=O)Nc2c(Br)cc(C)cc2Br)CC1. The van der Waals surface area contributed by atoms with Crippen LogP contribution in [0.25, 0.3) is 0 Å². The topological polar surface area (TPSA) is 59.8 Å². The number of hydrogen-bond acceptors (Lipinski definition) is 3. The molecule has 0 unspecified atom stereocenters. The van der Waals surface area contributed by atoms with Crippen LogP contribution in [0.15, 0.2) is 21.1 Å². The van der Waals surface area contributed by atoms with E-state index in [2.05, 4.69) is 37.2 Å². The van der Waals surface area contributed by atoms with Gasteiger partial charge in [-0.15, -0.1) is 0 Å². The Hall–Kier alpha value is -0.920. The van der Waals surface area contributed by atoms with E-state index in [-0.39, 0.29) is 17.8 Å². The van der Waals surface area contributed by atoms with E-state index < -0.39 is 0 Å². The third-order valence-electron chi connectivity index (χ3n) is 4.09. The third kappa shape index (κ3) is 5.02. The lowest BCUT2D eigenvalue weighted by molar-refractivity contribution is -0.897. The number of piperidine rings is 1. The number of benzene rings is 1. The highest BCUT2D eigenvalue weighted by molar-refractivity contribution is 9.11. The normalized spacial score (nSPS) is 20.9. The molecule has 1 aliphatic rings. The van der Waals surface area contributed by atoms with Crippen LogP contribution in [0.3, 0.4) is 0 Å². The molecule has 0 atom stereocenters. The van der Waals surface area contributed by atoms with Gasteiger partial charge in [0.15, 0.2) is 6.54 Å². The van der Waals surface area contributed by atoms with Gasteiger partial charge in [-0.1, -0.05) is 0 Å². The number of amides is 1. The molecule has 126 valence electrons. The first kappa shape index (κ1) is 18.4. The summed E-state index contributed by atoms with van der Waals surface area (Å²) in [4.78, 5) is 25.0. The zero-order valence-electron chi connectivity index (χ0n) is 13.2. The highest BCUT2D eigenvalue weighted by Gasteiger charge is 2.29. The number of carbonyl (C=O) groups excluding carboxylic acids is 2. The fourth-order valence-corrected chi connectivity index (χ4v) is 4.45. The molecule has 23 heavy (non-hydrogen) atoms. The molecular weight excluding hydrogens is 428 g/mol. The Balaban J connectivity index is 1.88. The first-order valence-electron chi connectivity index (χ1n) is 7.57. The van der Waals surface area contributed by atoms with Crippen molar-refractivity contribution in [3.63, 3.8) is 0 Å². The number of quaternary nitrogens is 1. The maximum atomic E-state index is 12.3. The van der Waals surface area contributed by atoms with Crippen molar-refractivity contribution in [2.45, 2.75) is 19.8 Å². The molecule has 0 saturated carbocycles. The number of likely N-dealkylation sites (tertiary alicyclic amines) is 1. The Labute approximate surface area is 153 Å². The molecule has 1 aromatic carbocycles. The lowest BCUT2D eigenvalue weighted by Crippen LogP contribution is -3.14. The van der Waals surface area contributed by atoms with E-state index in [1.807, 2.05) is 19.1 Å². The van der Waals surface area contributed by atoms with Crippen LogP contribution in [-0.2, 0) is 14.3 Å². The molecule has 0 aliphatic carbocycles. The van der Waals surface area contributed by atoms with Crippen LogP contribution in [0.1, 0.15) is 18.4 Å². The number of halogens is 2. The Morgan fingerprint density at radius 1 is 1.26 bits per heavy atom. The number of anilines is 1. The zero-order valence-corrected chi connectivity index (χ0v) is 16.4. The molecule has 1 heterocycles. The summed E-state index contributed by atoms with van der Waals surface area (Å²) in [6.07, 6.45) is 1.54. The molecule has 1 saturated heterocycles. The number of aryl methyl sites for hydroxylation is 1. The van der Waals surface area contributed by atoms with Crippen molar-refractivity contribution in [2.75, 3.05) is 32.1 Å². The highest BCUT2D eigenvalue weighted by Crippen LogP contribution is 2.32. The van der Waals surface area contributed by atoms with E-state index in [1.165, 1.54) is 12.0 Å². The molecule has 5 nitrogen and oxygen atoms in total. The van der Waals surface area contributed by atoms with Crippen molar-refractivity contribution >= 4 is 49.4 Å². The van der Waals surface area contributed by atoms with E-state index in [1.54, 1.807) is 0 Å². The van der Waals surface area contributed by atoms with Gasteiger partial charge in [0.25, 0.3) is 5.91 Å². The second-order valence-electron chi connectivity index (χ2n) is 5.88. The van der Waals surface area contributed by atoms with Gasteiger partial charge in [-0.05, 0) is 56.5 Å². The smallest absolute Gasteiger partial charge is 0.309 e. The van der Waals surface area contributed by atoms with Crippen LogP contribution in [0.2, 0.25) is 0 Å². The highest BCUT2D eigenvalue weighted by atomic mass is 79.9. The molecule has 1 fully saturated rings. The summed E-state index contributed by atoms with van der Waals surface area (Å²) >= 11 is 6.96. The summed E-state index contributed by atoms with van der Waals surface area (Å²) in [5, 5.41) is 2.95. The fraction of sp³-hybridized carbons (Fsp3) is 0.500. The van der Waals surface area contributed by atoms with E-state index in [9.17, 15) is 9.59 Å². The monoisotopic (exact) mass is 447 g/mol. The maximum Gasteiger partial charge on any atom is 0.309 e. The van der Waals surface area contributed by atoms with Gasteiger partial charge in [0.1, 0.15) is 0 Å². The number of rotatable bonds is 4. The van der Waals surface area contributed by atoms with Gasteiger partial charge in [-0.3, -0.25) is 9.59 Å². The van der Waals surface area contributed by atoms with Crippen LogP contribution in [0.4, 0.5) is 5.69 Å². The summed E-state index contributed by atoms with van der Waals surface area (Å²) in [5.74, 6) is -0.185. The molecule has 0 spiro atoms. The lowest BCUT2D eigenvalue weighted by Gasteiger charge is -2.27. The molecule has 1 aliphatic heterocycles. The van der Waals surface area contributed by atoms with Crippen LogP contribution >= 0.6 is 31.9 Å². The minimum Gasteiger partial charge on any atom is -0.469 e. The predicted octanol–water partition coefficient (Wildman–Crippen LogP) is 1.93. The number of hydrogen-bond donors (Lipinski definition) is 2. The lowest BCUT2D eigenvalue weighted by atomic mass is 9.97. The maximum absolute atomic E-state index is 12.3. The summed E-state index contributed by atoms with van der Waals surface area (Å²) in [5.41, 5.74) is 1.86. The second-order valence-corrected chi connectivity index (χ2v) is 7.58. The molecule has 0 aromatic heterocycles. The van der Waals surface area contributed by atoms with Gasteiger partial charge in [0.2, 0.25) is 0 Å². The van der Waals surface area contributed by atoms with Gasteiger partial charge >= 0.3 is 5.97 Å². The Morgan fingerprint density at radius 2 is 1.83 bits per heavy atom. The van der Waals surface area contributed by atoms with Crippen molar-refractivity contribution in [1.29, 1.82) is 0 Å². The van der Waals surface area contributed by atoms with E-state index in [0.29, 0.717) is 6.54 Å². The van der Waals surface area contributed by atoms with Crippen molar-refractivity contribution < 1.29 is 19.2 Å². The van der Waals surface area contributed by atoms with Crippen molar-refractivity contribution in [2.24, 2.45) is 5.92 Å². The van der Waals surface area contributed by atoms with Gasteiger partial charge in [0, 0.05) is 21.8 Å². The van der Waals surface area contributed by atoms with Gasteiger partial charge in [-0.25, -0.2) is 0 Å². The summed E-state index contributed by atoms with van der Waals surface area (Å²) in [7, 11) is 1.42. The molecule has 0 radical (unpaired) electrons. The minimum atomic E-state index is -0.138. The number of methoxy groups -OCH3 is 1. The predicted molar refractivity (Wildman–Crippen MR) is 95.5 cm³/mol. The van der Waals surface area contributed by atoms with Crippen molar-refractivity contribution in [3.05, 3.63) is 26.6 Å². The third-order valence-corrected chi connectivity index (χ3v) is 5.34. The molecule has 7 heteroatoms. The molecule has 1 amide bonds. The average Bonchev–Trinajstić information content (AvgIpc) is 2.51.